The zero-order valence-corrected chi connectivity index (χ0v) is 19.0. The summed E-state index contributed by atoms with van der Waals surface area (Å²) < 4.78 is 5.38. The van der Waals surface area contributed by atoms with Gasteiger partial charge in [-0.05, 0) is 62.9 Å². The van der Waals surface area contributed by atoms with Gasteiger partial charge in [0.05, 0.1) is 6.54 Å². The Bertz CT molecular complexity index is 624. The summed E-state index contributed by atoms with van der Waals surface area (Å²) in [7, 11) is 1.74. The van der Waals surface area contributed by atoms with Crippen molar-refractivity contribution in [3.63, 3.8) is 0 Å². The lowest BCUT2D eigenvalue weighted by atomic mass is 10.00. The summed E-state index contributed by atoms with van der Waals surface area (Å²) >= 11 is 1.55. The molecule has 8 heteroatoms. The molecule has 2 unspecified atom stereocenters. The van der Waals surface area contributed by atoms with Crippen molar-refractivity contribution in [2.24, 2.45) is 10.9 Å². The van der Waals surface area contributed by atoms with E-state index in [1.165, 1.54) is 0 Å². The molecule has 0 aliphatic carbocycles. The van der Waals surface area contributed by atoms with Crippen LogP contribution in [0.25, 0.3) is 0 Å². The third-order valence-electron chi connectivity index (χ3n) is 3.94. The zero-order valence-electron chi connectivity index (χ0n) is 18.2. The number of guanidine groups is 1. The van der Waals surface area contributed by atoms with Gasteiger partial charge in [0.2, 0.25) is 0 Å². The molecule has 1 heterocycles. The summed E-state index contributed by atoms with van der Waals surface area (Å²) in [5.74, 6) is 0.837. The molecule has 2 atom stereocenters. The number of carbonyl (C=O) groups excluding carboxylic acids is 1. The molecule has 7 nitrogen and oxygen atoms in total. The highest BCUT2D eigenvalue weighted by atomic mass is 32.1. The molecule has 0 saturated heterocycles. The number of hydrogen-bond donors (Lipinski definition) is 3. The molecule has 0 bridgehead atoms. The van der Waals surface area contributed by atoms with Gasteiger partial charge in [0.15, 0.2) is 5.96 Å². The topological polar surface area (TPSA) is 86.2 Å². The van der Waals surface area contributed by atoms with Crippen LogP contribution in [0.15, 0.2) is 21.8 Å². The van der Waals surface area contributed by atoms with Crippen molar-refractivity contribution in [2.75, 3.05) is 33.2 Å². The summed E-state index contributed by atoms with van der Waals surface area (Å²) in [4.78, 5) is 18.2. The number of hydrogen-bond acceptors (Lipinski definition) is 5. The number of nitrogens with zero attached hydrogens (tertiary/aromatic N) is 2. The summed E-state index contributed by atoms with van der Waals surface area (Å²) in [5.41, 5.74) is -0.647. The second-order valence-corrected chi connectivity index (χ2v) is 9.11. The molecule has 0 aromatic carbocycles. The molecular formula is C20H36N4O3S. The average Bonchev–Trinajstić information content (AvgIpc) is 3.11. The molecule has 28 heavy (non-hydrogen) atoms. The monoisotopic (exact) mass is 412 g/mol. The van der Waals surface area contributed by atoms with Crippen LogP contribution < -0.4 is 10.6 Å². The van der Waals surface area contributed by atoms with Crippen LogP contribution >= 0.6 is 11.3 Å². The van der Waals surface area contributed by atoms with Crippen molar-refractivity contribution >= 4 is 23.4 Å². The van der Waals surface area contributed by atoms with Crippen molar-refractivity contribution in [1.29, 1.82) is 0 Å². The molecule has 3 N–H and O–H groups in total. The predicted molar refractivity (Wildman–Crippen MR) is 116 cm³/mol. The van der Waals surface area contributed by atoms with Gasteiger partial charge in [-0.15, -0.1) is 0 Å². The Morgan fingerprint density at radius 3 is 2.57 bits per heavy atom. The maximum Gasteiger partial charge on any atom is 0.410 e. The van der Waals surface area contributed by atoms with Gasteiger partial charge in [-0.2, -0.15) is 11.3 Å². The van der Waals surface area contributed by atoms with Crippen molar-refractivity contribution in [3.8, 4) is 0 Å². The van der Waals surface area contributed by atoms with Crippen LogP contribution in [0.1, 0.15) is 47.1 Å². The Morgan fingerprint density at radius 2 is 2.04 bits per heavy atom. The van der Waals surface area contributed by atoms with Crippen LogP contribution in [-0.2, 0) is 10.3 Å². The molecule has 1 aromatic heterocycles. The third kappa shape index (κ3) is 8.93. The molecule has 1 aromatic rings. The first-order valence-corrected chi connectivity index (χ1v) is 10.6. The lowest BCUT2D eigenvalue weighted by Crippen LogP contribution is -2.43. The van der Waals surface area contributed by atoms with Gasteiger partial charge in [0, 0.05) is 26.7 Å². The third-order valence-corrected chi connectivity index (χ3v) is 4.62. The molecule has 0 radical (unpaired) electrons. The highest BCUT2D eigenvalue weighted by Crippen LogP contribution is 2.23. The van der Waals surface area contributed by atoms with Crippen molar-refractivity contribution in [2.45, 2.75) is 52.7 Å². The first kappa shape index (κ1) is 24.2. The van der Waals surface area contributed by atoms with E-state index in [0.717, 1.165) is 12.1 Å². The SMILES string of the molecule is CCNC(=NCC(C)(O)c1ccsc1)NCC(C)CN(C)C(=O)OC(C)(C)C. The molecule has 0 aliphatic heterocycles. The van der Waals surface area contributed by atoms with Gasteiger partial charge in [0.1, 0.15) is 11.2 Å². The van der Waals surface area contributed by atoms with Crippen molar-refractivity contribution in [3.05, 3.63) is 22.4 Å². The lowest BCUT2D eigenvalue weighted by molar-refractivity contribution is 0.0277. The van der Waals surface area contributed by atoms with E-state index < -0.39 is 11.2 Å². The van der Waals surface area contributed by atoms with Gasteiger partial charge < -0.3 is 25.4 Å². The van der Waals surface area contributed by atoms with Gasteiger partial charge in [-0.1, -0.05) is 6.92 Å². The summed E-state index contributed by atoms with van der Waals surface area (Å²) in [6.07, 6.45) is -0.327. The summed E-state index contributed by atoms with van der Waals surface area (Å²) in [6.45, 7) is 13.6. The minimum absolute atomic E-state index is 0.193. The molecule has 0 aliphatic rings. The smallest absolute Gasteiger partial charge is 0.410 e. The quantitative estimate of drug-likeness (QED) is 0.451. The summed E-state index contributed by atoms with van der Waals surface area (Å²) in [6, 6.07) is 1.91. The molecular weight excluding hydrogens is 376 g/mol. The van der Waals surface area contributed by atoms with E-state index in [2.05, 4.69) is 22.5 Å². The largest absolute Gasteiger partial charge is 0.444 e. The van der Waals surface area contributed by atoms with E-state index in [0.29, 0.717) is 19.0 Å². The second kappa shape index (κ2) is 10.7. The number of aliphatic imine (C=N–C) groups is 1. The maximum absolute atomic E-state index is 12.1. The molecule has 1 rings (SSSR count). The van der Waals surface area contributed by atoms with Gasteiger partial charge in [-0.3, -0.25) is 0 Å². The highest BCUT2D eigenvalue weighted by Gasteiger charge is 2.24. The average molecular weight is 413 g/mol. The van der Waals surface area contributed by atoms with E-state index in [9.17, 15) is 9.90 Å². The molecule has 0 saturated carbocycles. The van der Waals surface area contributed by atoms with Crippen LogP contribution in [0.5, 0.6) is 0 Å². The lowest BCUT2D eigenvalue weighted by Gasteiger charge is -2.27. The molecule has 1 amide bonds. The molecule has 0 fully saturated rings. The number of nitrogens with one attached hydrogen (secondary N) is 2. The van der Waals surface area contributed by atoms with Crippen LogP contribution in [0.3, 0.4) is 0 Å². The Kier molecular flexibility index (Phi) is 9.23. The van der Waals surface area contributed by atoms with Crippen LogP contribution in [0.4, 0.5) is 4.79 Å². The Labute approximate surface area is 173 Å². The normalized spacial score (nSPS) is 15.5. The number of ether oxygens (including phenoxy) is 1. The number of carbonyl (C=O) groups is 1. The standard InChI is InChI=1S/C20H36N4O3S/c1-8-21-17(23-14-20(6,26)16-9-10-28-13-16)22-11-15(2)12-24(7)18(25)27-19(3,4)5/h9-10,13,15,26H,8,11-12,14H2,1-7H3,(H2,21,22,23). The van der Waals surface area contributed by atoms with Gasteiger partial charge >= 0.3 is 6.09 Å². The fourth-order valence-electron chi connectivity index (χ4n) is 2.45. The Morgan fingerprint density at radius 1 is 1.36 bits per heavy atom. The first-order valence-electron chi connectivity index (χ1n) is 9.66. The molecule has 0 spiro atoms. The zero-order chi connectivity index (χ0) is 21.4. The number of rotatable bonds is 8. The van der Waals surface area contributed by atoms with Gasteiger partial charge in [-0.25, -0.2) is 9.79 Å². The van der Waals surface area contributed by atoms with E-state index in [1.807, 2.05) is 44.5 Å². The van der Waals surface area contributed by atoms with E-state index in [1.54, 1.807) is 30.2 Å². The minimum atomic E-state index is -1.01. The first-order chi connectivity index (χ1) is 12.9. The summed E-state index contributed by atoms with van der Waals surface area (Å²) in [5, 5.41) is 21.0. The van der Waals surface area contributed by atoms with Crippen LogP contribution in [0.2, 0.25) is 0 Å². The van der Waals surface area contributed by atoms with Crippen LogP contribution in [-0.4, -0.2) is 60.9 Å². The molecule has 160 valence electrons. The number of aliphatic hydroxyl groups is 1. The fraction of sp³-hybridized carbons (Fsp3) is 0.700. The van der Waals surface area contributed by atoms with Gasteiger partial charge in [0.25, 0.3) is 0 Å². The minimum Gasteiger partial charge on any atom is -0.444 e. The van der Waals surface area contributed by atoms with E-state index in [4.69, 9.17) is 4.74 Å². The maximum atomic E-state index is 12.1. The van der Waals surface area contributed by atoms with Crippen LogP contribution in [0, 0.1) is 5.92 Å². The van der Waals surface area contributed by atoms with Crippen molar-refractivity contribution in [1.82, 2.24) is 15.5 Å². The predicted octanol–water partition coefficient (Wildman–Crippen LogP) is 3.01. The van der Waals surface area contributed by atoms with E-state index >= 15 is 0 Å². The van der Waals surface area contributed by atoms with E-state index in [-0.39, 0.29) is 18.6 Å². The Balaban J connectivity index is 2.56. The highest BCUT2D eigenvalue weighted by molar-refractivity contribution is 7.08. The van der Waals surface area contributed by atoms with Crippen molar-refractivity contribution < 1.29 is 14.6 Å². The number of thiophene rings is 1. The number of amides is 1. The fourth-order valence-corrected chi connectivity index (χ4v) is 3.24. The second-order valence-electron chi connectivity index (χ2n) is 8.33. The Hall–Kier alpha value is -1.80.